The van der Waals surface area contributed by atoms with Gasteiger partial charge in [-0.15, -0.1) is 0 Å². The van der Waals surface area contributed by atoms with E-state index in [9.17, 15) is 0 Å². The lowest BCUT2D eigenvalue weighted by atomic mass is 9.89. The molecule has 0 radical (unpaired) electrons. The van der Waals surface area contributed by atoms with Gasteiger partial charge in [0, 0.05) is 16.7 Å². The van der Waals surface area contributed by atoms with Crippen LogP contribution in [0.25, 0.3) is 99.5 Å². The van der Waals surface area contributed by atoms with Crippen molar-refractivity contribution in [2.24, 2.45) is 0 Å². The van der Waals surface area contributed by atoms with Crippen LogP contribution in [0.4, 0.5) is 0 Å². The van der Waals surface area contributed by atoms with Crippen LogP contribution < -0.4 is 0 Å². The van der Waals surface area contributed by atoms with E-state index in [1.165, 1.54) is 37.9 Å². The molecule has 1 aromatic heterocycles. The second kappa shape index (κ2) is 12.4. The van der Waals surface area contributed by atoms with Gasteiger partial charge in [0.05, 0.1) is 0 Å². The Hall–Kier alpha value is -6.97. The van der Waals surface area contributed by atoms with Crippen molar-refractivity contribution in [3.8, 4) is 56.4 Å². The van der Waals surface area contributed by atoms with E-state index in [4.69, 9.17) is 15.0 Å². The van der Waals surface area contributed by atoms with Crippen LogP contribution in [0.1, 0.15) is 0 Å². The number of fused-ring (bicyclic) bond motifs is 5. The first-order valence-corrected chi connectivity index (χ1v) is 17.6. The lowest BCUT2D eigenvalue weighted by Gasteiger charge is -2.15. The molecule has 9 aromatic carbocycles. The van der Waals surface area contributed by atoms with Crippen LogP contribution in [0.2, 0.25) is 0 Å². The Morgan fingerprint density at radius 3 is 1.62 bits per heavy atom. The molecule has 0 amide bonds. The fourth-order valence-corrected chi connectivity index (χ4v) is 7.56. The molecule has 0 atom stereocenters. The summed E-state index contributed by atoms with van der Waals surface area (Å²) in [5.41, 5.74) is 7.51. The van der Waals surface area contributed by atoms with Crippen LogP contribution in [-0.4, -0.2) is 15.0 Å². The molecule has 0 aliphatic rings. The van der Waals surface area contributed by atoms with E-state index in [0.717, 1.165) is 44.2 Å². The van der Waals surface area contributed by atoms with Crippen molar-refractivity contribution in [3.05, 3.63) is 188 Å². The summed E-state index contributed by atoms with van der Waals surface area (Å²) in [6.07, 6.45) is 0. The molecule has 10 rings (SSSR count). The van der Waals surface area contributed by atoms with Gasteiger partial charge in [-0.1, -0.05) is 176 Å². The van der Waals surface area contributed by atoms with E-state index < -0.39 is 0 Å². The second-order valence-corrected chi connectivity index (χ2v) is 13.2. The van der Waals surface area contributed by atoms with Crippen LogP contribution in [-0.2, 0) is 0 Å². The molecule has 0 spiro atoms. The van der Waals surface area contributed by atoms with Crippen molar-refractivity contribution < 1.29 is 0 Å². The van der Waals surface area contributed by atoms with Crippen molar-refractivity contribution in [1.82, 2.24) is 15.0 Å². The minimum absolute atomic E-state index is 0.637. The van der Waals surface area contributed by atoms with E-state index >= 15 is 0 Å². The van der Waals surface area contributed by atoms with Crippen LogP contribution in [0.3, 0.4) is 0 Å². The smallest absolute Gasteiger partial charge is 0.164 e. The average molecular weight is 662 g/mol. The molecular weight excluding hydrogens is 631 g/mol. The highest BCUT2D eigenvalue weighted by Gasteiger charge is 2.16. The molecule has 10 aromatic rings. The van der Waals surface area contributed by atoms with Crippen LogP contribution >= 0.6 is 0 Å². The molecule has 0 aliphatic heterocycles. The summed E-state index contributed by atoms with van der Waals surface area (Å²) < 4.78 is 0. The summed E-state index contributed by atoms with van der Waals surface area (Å²) in [5.74, 6) is 1.93. The maximum Gasteiger partial charge on any atom is 0.164 e. The lowest BCUT2D eigenvalue weighted by molar-refractivity contribution is 1.08. The average Bonchev–Trinajstić information content (AvgIpc) is 3.23. The minimum atomic E-state index is 0.637. The van der Waals surface area contributed by atoms with Crippen molar-refractivity contribution >= 4 is 43.1 Å². The predicted molar refractivity (Wildman–Crippen MR) is 217 cm³/mol. The van der Waals surface area contributed by atoms with Gasteiger partial charge in [-0.05, 0) is 77.5 Å². The van der Waals surface area contributed by atoms with Crippen LogP contribution in [0.15, 0.2) is 188 Å². The Kier molecular flexibility index (Phi) is 7.14. The van der Waals surface area contributed by atoms with Crippen LogP contribution in [0, 0.1) is 0 Å². The number of rotatable bonds is 5. The SMILES string of the molecule is c1ccc(-c2cccc(-c3nc(-c4ccc(-c5c6ccccc6cc6c5ccc5ccccc56)cc4)nc(-c4cccc5ccccc45)n3)c2)cc1. The highest BCUT2D eigenvalue weighted by atomic mass is 15.0. The zero-order chi connectivity index (χ0) is 34.4. The molecule has 0 aliphatic carbocycles. The van der Waals surface area contributed by atoms with Gasteiger partial charge < -0.3 is 0 Å². The summed E-state index contributed by atoms with van der Waals surface area (Å²) in [5, 5.41) is 9.72. The van der Waals surface area contributed by atoms with Gasteiger partial charge in [0.15, 0.2) is 17.5 Å². The molecule has 0 saturated heterocycles. The Labute approximate surface area is 301 Å². The van der Waals surface area contributed by atoms with E-state index in [2.05, 4.69) is 182 Å². The summed E-state index contributed by atoms with van der Waals surface area (Å²) >= 11 is 0. The normalized spacial score (nSPS) is 11.5. The van der Waals surface area contributed by atoms with Gasteiger partial charge >= 0.3 is 0 Å². The van der Waals surface area contributed by atoms with Gasteiger partial charge in [-0.25, -0.2) is 15.0 Å². The van der Waals surface area contributed by atoms with E-state index in [1.54, 1.807) is 0 Å². The Morgan fingerprint density at radius 2 is 0.808 bits per heavy atom. The first-order valence-electron chi connectivity index (χ1n) is 17.6. The third-order valence-electron chi connectivity index (χ3n) is 10.1. The zero-order valence-corrected chi connectivity index (χ0v) is 28.2. The van der Waals surface area contributed by atoms with Gasteiger partial charge in [0.25, 0.3) is 0 Å². The van der Waals surface area contributed by atoms with Gasteiger partial charge in [-0.3, -0.25) is 0 Å². The molecule has 0 fully saturated rings. The van der Waals surface area contributed by atoms with Crippen molar-refractivity contribution in [2.45, 2.75) is 0 Å². The summed E-state index contributed by atoms with van der Waals surface area (Å²) in [4.78, 5) is 15.4. The molecule has 3 heteroatoms. The lowest BCUT2D eigenvalue weighted by Crippen LogP contribution is -2.00. The van der Waals surface area contributed by atoms with Gasteiger partial charge in [0.2, 0.25) is 0 Å². The first-order chi connectivity index (χ1) is 25.8. The second-order valence-electron chi connectivity index (χ2n) is 13.2. The first kappa shape index (κ1) is 29.9. The fraction of sp³-hybridized carbons (Fsp3) is 0. The number of hydrogen-bond donors (Lipinski definition) is 0. The monoisotopic (exact) mass is 661 g/mol. The molecule has 242 valence electrons. The molecule has 3 nitrogen and oxygen atoms in total. The largest absolute Gasteiger partial charge is 0.208 e. The Balaban J connectivity index is 1.15. The highest BCUT2D eigenvalue weighted by Crippen LogP contribution is 2.40. The molecule has 0 bridgehead atoms. The summed E-state index contributed by atoms with van der Waals surface area (Å²) in [6.45, 7) is 0. The highest BCUT2D eigenvalue weighted by molar-refractivity contribution is 6.20. The zero-order valence-electron chi connectivity index (χ0n) is 28.2. The minimum Gasteiger partial charge on any atom is -0.208 e. The van der Waals surface area contributed by atoms with Gasteiger partial charge in [-0.2, -0.15) is 0 Å². The Morgan fingerprint density at radius 1 is 0.250 bits per heavy atom. The maximum absolute atomic E-state index is 5.14. The topological polar surface area (TPSA) is 38.7 Å². The summed E-state index contributed by atoms with van der Waals surface area (Å²) in [6, 6.07) is 66.4. The third-order valence-corrected chi connectivity index (χ3v) is 10.1. The third kappa shape index (κ3) is 5.19. The van der Waals surface area contributed by atoms with E-state index in [1.807, 2.05) is 6.07 Å². The van der Waals surface area contributed by atoms with E-state index in [-0.39, 0.29) is 0 Å². The molecule has 0 N–H and O–H groups in total. The van der Waals surface area contributed by atoms with Crippen molar-refractivity contribution in [2.75, 3.05) is 0 Å². The van der Waals surface area contributed by atoms with Crippen molar-refractivity contribution in [3.63, 3.8) is 0 Å². The Bertz CT molecular complexity index is 2940. The molecule has 52 heavy (non-hydrogen) atoms. The van der Waals surface area contributed by atoms with Crippen LogP contribution in [0.5, 0.6) is 0 Å². The molecule has 0 unspecified atom stereocenters. The van der Waals surface area contributed by atoms with Gasteiger partial charge in [0.1, 0.15) is 0 Å². The fourth-order valence-electron chi connectivity index (χ4n) is 7.56. The number of benzene rings is 9. The molecule has 1 heterocycles. The molecular formula is C49H31N3. The quantitative estimate of drug-likeness (QED) is 0.136. The summed E-state index contributed by atoms with van der Waals surface area (Å²) in [7, 11) is 0. The predicted octanol–water partition coefficient (Wildman–Crippen LogP) is 12.8. The number of nitrogens with zero attached hydrogens (tertiary/aromatic N) is 3. The molecule has 0 saturated carbocycles. The van der Waals surface area contributed by atoms with Crippen molar-refractivity contribution in [1.29, 1.82) is 0 Å². The maximum atomic E-state index is 5.14. The number of hydrogen-bond acceptors (Lipinski definition) is 3. The standard InChI is InChI=1S/C49H31N3/c1-2-12-32(13-3-1)37-18-10-19-39(30-37)48-50-47(51-49(52-48)44-23-11-17-33-14-4-7-20-40(33)44)36-26-24-35(25-27-36)46-42-22-9-6-16-38(42)31-45-41-21-8-5-15-34(41)28-29-43(45)46/h1-31H. The number of aromatic nitrogens is 3. The van der Waals surface area contributed by atoms with E-state index in [0.29, 0.717) is 17.5 Å².